The smallest absolute Gasteiger partial charge is 0.274 e. The number of benzene rings is 1. The van der Waals surface area contributed by atoms with Crippen LogP contribution < -0.4 is 4.90 Å². The van der Waals surface area contributed by atoms with Crippen LogP contribution in [0.5, 0.6) is 0 Å². The van der Waals surface area contributed by atoms with Gasteiger partial charge in [-0.15, -0.1) is 0 Å². The van der Waals surface area contributed by atoms with Crippen molar-refractivity contribution in [1.82, 2.24) is 24.3 Å². The number of aryl methyl sites for hydroxylation is 1. The molecule has 168 valence electrons. The Balaban J connectivity index is 1.46. The van der Waals surface area contributed by atoms with Crippen molar-refractivity contribution >= 4 is 17.5 Å². The fourth-order valence-corrected chi connectivity index (χ4v) is 4.38. The third kappa shape index (κ3) is 3.92. The molecule has 0 aliphatic carbocycles. The number of carbonyl (C=O) groups is 1. The van der Waals surface area contributed by atoms with E-state index in [1.807, 2.05) is 59.6 Å². The minimum Gasteiger partial charge on any atom is -0.347 e. The van der Waals surface area contributed by atoms with E-state index in [1.165, 1.54) is 12.1 Å². The highest BCUT2D eigenvalue weighted by Gasteiger charge is 2.32. The number of imidazole rings is 1. The molecule has 0 spiro atoms. The molecular formula is C25H25FN6O. The van der Waals surface area contributed by atoms with Gasteiger partial charge in [-0.2, -0.15) is 0 Å². The van der Waals surface area contributed by atoms with Gasteiger partial charge in [0.1, 0.15) is 17.2 Å². The third-order valence-corrected chi connectivity index (χ3v) is 6.10. The topological polar surface area (TPSA) is 66.6 Å². The van der Waals surface area contributed by atoms with Crippen LogP contribution in [0.4, 0.5) is 10.3 Å². The Morgan fingerprint density at radius 1 is 1.18 bits per heavy atom. The van der Waals surface area contributed by atoms with Gasteiger partial charge in [-0.05, 0) is 42.7 Å². The highest BCUT2D eigenvalue weighted by molar-refractivity contribution is 5.93. The van der Waals surface area contributed by atoms with Crippen LogP contribution in [0, 0.1) is 12.7 Å². The Hall–Kier alpha value is -3.81. The average Bonchev–Trinajstić information content (AvgIpc) is 3.47. The molecule has 0 bridgehead atoms. The molecule has 1 saturated heterocycles. The monoisotopic (exact) mass is 444 g/mol. The van der Waals surface area contributed by atoms with Gasteiger partial charge in [0.05, 0.1) is 5.69 Å². The molecule has 0 saturated carbocycles. The molecule has 4 heterocycles. The first-order chi connectivity index (χ1) is 15.9. The molecule has 0 unspecified atom stereocenters. The lowest BCUT2D eigenvalue weighted by molar-refractivity contribution is 0.0785. The molecule has 1 aromatic carbocycles. The summed E-state index contributed by atoms with van der Waals surface area (Å²) in [5, 5.41) is 0. The number of likely N-dealkylation sites (tertiary alicyclic amines) is 1. The van der Waals surface area contributed by atoms with Gasteiger partial charge in [0.2, 0.25) is 5.95 Å². The van der Waals surface area contributed by atoms with E-state index in [0.29, 0.717) is 24.7 Å². The summed E-state index contributed by atoms with van der Waals surface area (Å²) in [5.41, 5.74) is 4.61. The Labute approximate surface area is 191 Å². The Morgan fingerprint density at radius 3 is 2.79 bits per heavy atom. The number of rotatable bonds is 4. The summed E-state index contributed by atoms with van der Waals surface area (Å²) in [6.07, 6.45) is 6.20. The molecule has 8 heteroatoms. The summed E-state index contributed by atoms with van der Waals surface area (Å²) in [6, 6.07) is 10.4. The average molecular weight is 445 g/mol. The van der Waals surface area contributed by atoms with Gasteiger partial charge in [-0.1, -0.05) is 18.2 Å². The van der Waals surface area contributed by atoms with Gasteiger partial charge in [0.15, 0.2) is 0 Å². The number of carbonyl (C=O) groups excluding carboxylic acids is 1. The molecule has 33 heavy (non-hydrogen) atoms. The first kappa shape index (κ1) is 21.1. The van der Waals surface area contributed by atoms with E-state index in [2.05, 4.69) is 9.97 Å². The zero-order valence-corrected chi connectivity index (χ0v) is 18.9. The number of hydrogen-bond acceptors (Lipinski definition) is 5. The Kier molecular flexibility index (Phi) is 5.28. The molecule has 7 nitrogen and oxygen atoms in total. The molecule has 1 atom stereocenters. The van der Waals surface area contributed by atoms with E-state index in [1.54, 1.807) is 18.5 Å². The van der Waals surface area contributed by atoms with Crippen molar-refractivity contribution in [1.29, 1.82) is 0 Å². The second kappa shape index (κ2) is 8.27. The number of anilines is 1. The minimum atomic E-state index is -0.305. The van der Waals surface area contributed by atoms with E-state index >= 15 is 0 Å². The molecule has 4 aromatic rings. The van der Waals surface area contributed by atoms with E-state index in [0.717, 1.165) is 34.5 Å². The quantitative estimate of drug-likeness (QED) is 0.477. The number of aromatic nitrogens is 4. The maximum Gasteiger partial charge on any atom is 0.274 e. The number of pyridine rings is 1. The van der Waals surface area contributed by atoms with Crippen LogP contribution >= 0.6 is 0 Å². The SMILES string of the molecule is Cc1cccn2cc(C(=O)N3CC[C@H](c4nc(N(C)C)ncc4-c4cccc(F)c4)C3)nc12. The number of nitrogens with zero attached hydrogens (tertiary/aromatic N) is 6. The van der Waals surface area contributed by atoms with E-state index in [4.69, 9.17) is 4.98 Å². The summed E-state index contributed by atoms with van der Waals surface area (Å²) in [4.78, 5) is 30.7. The molecule has 3 aromatic heterocycles. The van der Waals surface area contributed by atoms with Crippen LogP contribution in [0.3, 0.4) is 0 Å². The molecular weight excluding hydrogens is 419 g/mol. The van der Waals surface area contributed by atoms with Crippen molar-refractivity contribution < 1.29 is 9.18 Å². The van der Waals surface area contributed by atoms with E-state index in [9.17, 15) is 9.18 Å². The fraction of sp³-hybridized carbons (Fsp3) is 0.280. The van der Waals surface area contributed by atoms with Crippen LogP contribution in [0.1, 0.15) is 34.1 Å². The Morgan fingerprint density at radius 2 is 2.03 bits per heavy atom. The molecule has 1 aliphatic heterocycles. The molecule has 0 radical (unpaired) electrons. The predicted molar refractivity (Wildman–Crippen MR) is 125 cm³/mol. The maximum absolute atomic E-state index is 13.9. The van der Waals surface area contributed by atoms with Crippen LogP contribution in [0.2, 0.25) is 0 Å². The molecule has 1 fully saturated rings. The van der Waals surface area contributed by atoms with Gasteiger partial charge in [-0.3, -0.25) is 4.79 Å². The van der Waals surface area contributed by atoms with Gasteiger partial charge in [-0.25, -0.2) is 19.3 Å². The van der Waals surface area contributed by atoms with E-state index < -0.39 is 0 Å². The minimum absolute atomic E-state index is 0.0210. The van der Waals surface area contributed by atoms with Crippen molar-refractivity contribution in [2.45, 2.75) is 19.3 Å². The summed E-state index contributed by atoms with van der Waals surface area (Å²) in [5.74, 6) is 0.216. The number of hydrogen-bond donors (Lipinski definition) is 0. The number of amides is 1. The molecule has 1 amide bonds. The zero-order valence-electron chi connectivity index (χ0n) is 18.9. The summed E-state index contributed by atoms with van der Waals surface area (Å²) in [7, 11) is 3.77. The van der Waals surface area contributed by atoms with Crippen LogP contribution in [0.15, 0.2) is 55.0 Å². The first-order valence-electron chi connectivity index (χ1n) is 10.9. The molecule has 5 rings (SSSR count). The van der Waals surface area contributed by atoms with Gasteiger partial charge in [0.25, 0.3) is 5.91 Å². The van der Waals surface area contributed by atoms with Crippen LogP contribution in [-0.4, -0.2) is 57.3 Å². The lowest BCUT2D eigenvalue weighted by Crippen LogP contribution is -2.29. The second-order valence-electron chi connectivity index (χ2n) is 8.66. The number of fused-ring (bicyclic) bond motifs is 1. The summed E-state index contributed by atoms with van der Waals surface area (Å²) < 4.78 is 15.8. The molecule has 0 N–H and O–H groups in total. The Bertz CT molecular complexity index is 1350. The molecule has 1 aliphatic rings. The van der Waals surface area contributed by atoms with Crippen LogP contribution in [-0.2, 0) is 0 Å². The van der Waals surface area contributed by atoms with Crippen molar-refractivity contribution in [3.63, 3.8) is 0 Å². The van der Waals surface area contributed by atoms with Crippen molar-refractivity contribution in [3.8, 4) is 11.1 Å². The van der Waals surface area contributed by atoms with Gasteiger partial charge in [0, 0.05) is 57.3 Å². The van der Waals surface area contributed by atoms with E-state index in [-0.39, 0.29) is 17.6 Å². The predicted octanol–water partition coefficient (Wildman–Crippen LogP) is 3.93. The maximum atomic E-state index is 13.9. The van der Waals surface area contributed by atoms with Crippen LogP contribution in [0.25, 0.3) is 16.8 Å². The van der Waals surface area contributed by atoms with Gasteiger partial charge < -0.3 is 14.2 Å². The zero-order chi connectivity index (χ0) is 23.1. The van der Waals surface area contributed by atoms with Crippen molar-refractivity contribution in [2.24, 2.45) is 0 Å². The highest BCUT2D eigenvalue weighted by atomic mass is 19.1. The fourth-order valence-electron chi connectivity index (χ4n) is 4.38. The van der Waals surface area contributed by atoms with Crippen molar-refractivity contribution in [2.75, 3.05) is 32.1 Å². The first-order valence-corrected chi connectivity index (χ1v) is 10.9. The largest absolute Gasteiger partial charge is 0.347 e. The second-order valence-corrected chi connectivity index (χ2v) is 8.66. The standard InChI is InChI=1S/C25H25FN6O/c1-16-6-5-10-31-15-21(28-23(16)31)24(33)32-11-9-18(14-32)22-20(13-27-25(29-22)30(2)3)17-7-4-8-19(26)12-17/h4-8,10,12-13,15,18H,9,11,14H2,1-3H3/t18-/m0/s1. The van der Waals surface area contributed by atoms with Crippen molar-refractivity contribution in [3.05, 3.63) is 77.8 Å². The summed E-state index contributed by atoms with van der Waals surface area (Å²) in [6.45, 7) is 3.12. The lowest BCUT2D eigenvalue weighted by atomic mass is 9.96. The summed E-state index contributed by atoms with van der Waals surface area (Å²) >= 11 is 0. The number of halogens is 1. The third-order valence-electron chi connectivity index (χ3n) is 6.10. The lowest BCUT2D eigenvalue weighted by Gasteiger charge is -2.19. The van der Waals surface area contributed by atoms with Gasteiger partial charge >= 0.3 is 0 Å². The highest BCUT2D eigenvalue weighted by Crippen LogP contribution is 2.34. The normalized spacial score (nSPS) is 15.9.